The molecule has 0 radical (unpaired) electrons. The highest BCUT2D eigenvalue weighted by atomic mass is 19.1. The molecule has 0 atom stereocenters. The van der Waals surface area contributed by atoms with E-state index in [1.807, 2.05) is 59.5 Å². The molecule has 0 aliphatic carbocycles. The standard InChI is InChI=1S/C26H23FN4O2/c27-21-11-5-7-13-23(21)29-14-16-30(17-15-29)24(32)18-31-22-12-6-4-10-20(22)25(28-26(31)33)19-8-2-1-3-9-19/h1-13H,14-18H2. The van der Waals surface area contributed by atoms with Crippen LogP contribution in [0.2, 0.25) is 0 Å². The maximum atomic E-state index is 14.1. The number of halogens is 1. The lowest BCUT2D eigenvalue weighted by atomic mass is 10.1. The molecule has 1 aliphatic heterocycles. The topological polar surface area (TPSA) is 58.4 Å². The highest BCUT2D eigenvalue weighted by molar-refractivity contribution is 5.93. The Hall–Kier alpha value is -4.00. The molecule has 0 bridgehead atoms. The van der Waals surface area contributed by atoms with E-state index in [0.29, 0.717) is 43.1 Å². The van der Waals surface area contributed by atoms with E-state index in [4.69, 9.17) is 0 Å². The van der Waals surface area contributed by atoms with E-state index in [9.17, 15) is 14.0 Å². The van der Waals surface area contributed by atoms with Gasteiger partial charge in [-0.25, -0.2) is 9.18 Å². The summed E-state index contributed by atoms with van der Waals surface area (Å²) in [6.45, 7) is 1.92. The molecule has 0 N–H and O–H groups in total. The fourth-order valence-corrected chi connectivity index (χ4v) is 4.34. The molecule has 1 amide bonds. The van der Waals surface area contributed by atoms with Crippen LogP contribution >= 0.6 is 0 Å². The Kier molecular flexibility index (Phi) is 5.60. The first-order chi connectivity index (χ1) is 16.1. The fourth-order valence-electron chi connectivity index (χ4n) is 4.34. The van der Waals surface area contributed by atoms with Gasteiger partial charge in [0.25, 0.3) is 0 Å². The molecule has 5 rings (SSSR count). The molecule has 7 heteroatoms. The number of nitrogens with zero attached hydrogens (tertiary/aromatic N) is 4. The molecular weight excluding hydrogens is 419 g/mol. The van der Waals surface area contributed by atoms with Crippen molar-refractivity contribution >= 4 is 22.5 Å². The molecule has 6 nitrogen and oxygen atoms in total. The van der Waals surface area contributed by atoms with Gasteiger partial charge in [-0.05, 0) is 18.2 Å². The highest BCUT2D eigenvalue weighted by Crippen LogP contribution is 2.25. The van der Waals surface area contributed by atoms with Crippen LogP contribution in [-0.4, -0.2) is 46.5 Å². The van der Waals surface area contributed by atoms with Crippen LogP contribution in [0.5, 0.6) is 0 Å². The van der Waals surface area contributed by atoms with Crippen LogP contribution in [0.3, 0.4) is 0 Å². The maximum Gasteiger partial charge on any atom is 0.349 e. The molecule has 1 aliphatic rings. The van der Waals surface area contributed by atoms with Gasteiger partial charge >= 0.3 is 5.69 Å². The average Bonchev–Trinajstić information content (AvgIpc) is 2.86. The van der Waals surface area contributed by atoms with Gasteiger partial charge in [-0.15, -0.1) is 0 Å². The van der Waals surface area contributed by atoms with Crippen molar-refractivity contribution in [3.63, 3.8) is 0 Å². The summed E-state index contributed by atoms with van der Waals surface area (Å²) < 4.78 is 15.5. The SMILES string of the molecule is O=C(Cn1c(=O)nc(-c2ccccc2)c2ccccc21)N1CCN(c2ccccc2F)CC1. The summed E-state index contributed by atoms with van der Waals surface area (Å²) in [7, 11) is 0. The van der Waals surface area contributed by atoms with Crippen molar-refractivity contribution in [2.75, 3.05) is 31.1 Å². The normalized spacial score (nSPS) is 14.0. The Morgan fingerprint density at radius 2 is 1.52 bits per heavy atom. The summed E-state index contributed by atoms with van der Waals surface area (Å²) in [6, 6.07) is 23.7. The second-order valence-corrected chi connectivity index (χ2v) is 8.03. The summed E-state index contributed by atoms with van der Waals surface area (Å²) in [5.74, 6) is -0.412. The number of fused-ring (bicyclic) bond motifs is 1. The van der Waals surface area contributed by atoms with Gasteiger partial charge in [0.1, 0.15) is 12.4 Å². The van der Waals surface area contributed by atoms with Crippen LogP contribution in [0.15, 0.2) is 83.7 Å². The van der Waals surface area contributed by atoms with Gasteiger partial charge in [0.15, 0.2) is 0 Å². The monoisotopic (exact) mass is 442 g/mol. The predicted octanol–water partition coefficient (Wildman–Crippen LogP) is 3.55. The van der Waals surface area contributed by atoms with E-state index in [0.717, 1.165) is 10.9 Å². The molecule has 1 aromatic heterocycles. The molecule has 3 aromatic carbocycles. The number of carbonyl (C=O) groups is 1. The lowest BCUT2D eigenvalue weighted by molar-refractivity contribution is -0.132. The number of rotatable bonds is 4. The van der Waals surface area contributed by atoms with Gasteiger partial charge in [-0.2, -0.15) is 4.98 Å². The maximum absolute atomic E-state index is 14.1. The number of amides is 1. The second-order valence-electron chi connectivity index (χ2n) is 8.03. The summed E-state index contributed by atoms with van der Waals surface area (Å²) in [6.07, 6.45) is 0. The highest BCUT2D eigenvalue weighted by Gasteiger charge is 2.24. The summed E-state index contributed by atoms with van der Waals surface area (Å²) >= 11 is 0. The molecular formula is C26H23FN4O2. The molecule has 0 spiro atoms. The Balaban J connectivity index is 1.38. The van der Waals surface area contributed by atoms with Gasteiger partial charge in [0, 0.05) is 37.1 Å². The zero-order chi connectivity index (χ0) is 22.8. The van der Waals surface area contributed by atoms with Crippen molar-refractivity contribution in [2.24, 2.45) is 0 Å². The van der Waals surface area contributed by atoms with Gasteiger partial charge in [-0.3, -0.25) is 9.36 Å². The number of hydrogen-bond donors (Lipinski definition) is 0. The minimum atomic E-state index is -0.453. The number of benzene rings is 3. The van der Waals surface area contributed by atoms with Crippen molar-refractivity contribution in [3.05, 3.63) is 95.2 Å². The Morgan fingerprint density at radius 1 is 0.848 bits per heavy atom. The zero-order valence-corrected chi connectivity index (χ0v) is 18.0. The summed E-state index contributed by atoms with van der Waals surface area (Å²) in [4.78, 5) is 34.0. The number of piperazine rings is 1. The van der Waals surface area contributed by atoms with Crippen LogP contribution in [0, 0.1) is 5.82 Å². The molecule has 1 saturated heterocycles. The van der Waals surface area contributed by atoms with Crippen LogP contribution < -0.4 is 10.6 Å². The Labute approximate surface area is 190 Å². The van der Waals surface area contributed by atoms with Crippen molar-refractivity contribution in [2.45, 2.75) is 6.54 Å². The van der Waals surface area contributed by atoms with Crippen molar-refractivity contribution in [1.82, 2.24) is 14.5 Å². The van der Waals surface area contributed by atoms with Gasteiger partial charge in [-0.1, -0.05) is 60.7 Å². The minimum Gasteiger partial charge on any atom is -0.366 e. The van der Waals surface area contributed by atoms with E-state index in [1.165, 1.54) is 10.6 Å². The van der Waals surface area contributed by atoms with Gasteiger partial charge < -0.3 is 9.80 Å². The largest absolute Gasteiger partial charge is 0.366 e. The second kappa shape index (κ2) is 8.86. The number of aromatic nitrogens is 2. The third kappa shape index (κ3) is 4.09. The Bertz CT molecular complexity index is 1360. The minimum absolute atomic E-state index is 0.0822. The molecule has 4 aromatic rings. The lowest BCUT2D eigenvalue weighted by Gasteiger charge is -2.36. The fraction of sp³-hybridized carbons (Fsp3) is 0.192. The summed E-state index contributed by atoms with van der Waals surface area (Å²) in [5, 5.41) is 0.820. The lowest BCUT2D eigenvalue weighted by Crippen LogP contribution is -2.50. The quantitative estimate of drug-likeness (QED) is 0.485. The summed E-state index contributed by atoms with van der Waals surface area (Å²) in [5.41, 5.74) is 2.24. The van der Waals surface area contributed by atoms with Gasteiger partial charge in [0.2, 0.25) is 5.91 Å². The third-order valence-electron chi connectivity index (χ3n) is 6.05. The van der Waals surface area contributed by atoms with E-state index in [2.05, 4.69) is 4.98 Å². The number of hydrogen-bond acceptors (Lipinski definition) is 4. The molecule has 33 heavy (non-hydrogen) atoms. The van der Waals surface area contributed by atoms with Crippen molar-refractivity contribution in [3.8, 4) is 11.3 Å². The van der Waals surface area contributed by atoms with Crippen LogP contribution in [0.25, 0.3) is 22.2 Å². The zero-order valence-electron chi connectivity index (χ0n) is 18.0. The van der Waals surface area contributed by atoms with E-state index >= 15 is 0 Å². The van der Waals surface area contributed by atoms with E-state index < -0.39 is 5.69 Å². The molecule has 2 heterocycles. The first-order valence-corrected chi connectivity index (χ1v) is 10.9. The molecule has 166 valence electrons. The van der Waals surface area contributed by atoms with E-state index in [-0.39, 0.29) is 18.3 Å². The number of anilines is 1. The molecule has 1 fully saturated rings. The Morgan fingerprint density at radius 3 is 2.27 bits per heavy atom. The van der Waals surface area contributed by atoms with Crippen LogP contribution in [0.1, 0.15) is 0 Å². The molecule has 0 unspecified atom stereocenters. The first-order valence-electron chi connectivity index (χ1n) is 10.9. The predicted molar refractivity (Wildman–Crippen MR) is 127 cm³/mol. The third-order valence-corrected chi connectivity index (χ3v) is 6.05. The molecule has 0 saturated carbocycles. The first kappa shape index (κ1) is 20.9. The van der Waals surface area contributed by atoms with Crippen molar-refractivity contribution < 1.29 is 9.18 Å². The number of para-hydroxylation sites is 2. The smallest absolute Gasteiger partial charge is 0.349 e. The van der Waals surface area contributed by atoms with E-state index in [1.54, 1.807) is 23.1 Å². The average molecular weight is 442 g/mol. The van der Waals surface area contributed by atoms with Crippen molar-refractivity contribution in [1.29, 1.82) is 0 Å². The van der Waals surface area contributed by atoms with Gasteiger partial charge in [0.05, 0.1) is 16.9 Å². The van der Waals surface area contributed by atoms with Crippen LogP contribution in [0.4, 0.5) is 10.1 Å². The van der Waals surface area contributed by atoms with Crippen LogP contribution in [-0.2, 0) is 11.3 Å². The number of carbonyl (C=O) groups excluding carboxylic acids is 1.